The Morgan fingerprint density at radius 2 is 2.15 bits per heavy atom. The van der Waals surface area contributed by atoms with Crippen LogP contribution < -0.4 is 10.1 Å². The number of ether oxygens (including phenoxy) is 1. The lowest BCUT2D eigenvalue weighted by Gasteiger charge is -2.14. The third kappa shape index (κ3) is 3.94. The maximum Gasteiger partial charge on any atom is 0.268 e. The van der Waals surface area contributed by atoms with Crippen molar-refractivity contribution in [1.82, 2.24) is 15.3 Å². The van der Waals surface area contributed by atoms with Crippen molar-refractivity contribution in [2.75, 3.05) is 6.61 Å². The zero-order valence-corrected chi connectivity index (χ0v) is 15.4. The summed E-state index contributed by atoms with van der Waals surface area (Å²) in [6, 6.07) is 9.49. The fraction of sp³-hybridized carbons (Fsp3) is 0.333. The highest BCUT2D eigenvalue weighted by Crippen LogP contribution is 2.45. The molecule has 1 fully saturated rings. The highest BCUT2D eigenvalue weighted by atomic mass is 19.1. The molecule has 0 unspecified atom stereocenters. The van der Waals surface area contributed by atoms with Gasteiger partial charge in [0.25, 0.3) is 5.91 Å². The number of halogens is 1. The summed E-state index contributed by atoms with van der Waals surface area (Å²) < 4.78 is 19.1. The average molecular weight is 367 g/mol. The number of hydrogen-bond donors (Lipinski definition) is 2. The van der Waals surface area contributed by atoms with E-state index in [2.05, 4.69) is 22.2 Å². The Labute approximate surface area is 157 Å². The molecule has 1 amide bonds. The molecule has 1 aliphatic rings. The Hall–Kier alpha value is -2.89. The number of H-pyrrole nitrogens is 1. The van der Waals surface area contributed by atoms with E-state index >= 15 is 0 Å². The molecule has 2 aromatic heterocycles. The van der Waals surface area contributed by atoms with Gasteiger partial charge in [-0.15, -0.1) is 0 Å². The van der Waals surface area contributed by atoms with Crippen LogP contribution in [0, 0.1) is 11.2 Å². The van der Waals surface area contributed by atoms with Gasteiger partial charge in [-0.05, 0) is 56.2 Å². The monoisotopic (exact) mass is 367 g/mol. The number of nitrogens with zero attached hydrogens (tertiary/aromatic N) is 1. The number of amides is 1. The Bertz CT molecular complexity index is 977. The van der Waals surface area contributed by atoms with E-state index < -0.39 is 0 Å². The summed E-state index contributed by atoms with van der Waals surface area (Å²) >= 11 is 0. The van der Waals surface area contributed by atoms with Crippen LogP contribution in [0.2, 0.25) is 0 Å². The molecule has 3 aromatic rings. The van der Waals surface area contributed by atoms with Gasteiger partial charge >= 0.3 is 0 Å². The summed E-state index contributed by atoms with van der Waals surface area (Å²) in [6.07, 6.45) is 4.11. The first-order valence-electron chi connectivity index (χ1n) is 9.10. The Kier molecular flexibility index (Phi) is 4.34. The first-order chi connectivity index (χ1) is 12.9. The van der Waals surface area contributed by atoms with E-state index in [0.717, 1.165) is 17.0 Å². The predicted molar refractivity (Wildman–Crippen MR) is 101 cm³/mol. The number of carbonyl (C=O) groups is 1. The second-order valence-electron chi connectivity index (χ2n) is 7.63. The first-order valence-corrected chi connectivity index (χ1v) is 9.10. The van der Waals surface area contributed by atoms with Gasteiger partial charge in [0.05, 0.1) is 24.5 Å². The van der Waals surface area contributed by atoms with Crippen LogP contribution in [0.4, 0.5) is 4.39 Å². The van der Waals surface area contributed by atoms with Crippen LogP contribution in [0.25, 0.3) is 10.9 Å². The van der Waals surface area contributed by atoms with Crippen LogP contribution in [0.3, 0.4) is 0 Å². The Balaban J connectivity index is 1.39. The van der Waals surface area contributed by atoms with Gasteiger partial charge in [0.1, 0.15) is 17.3 Å². The molecule has 140 valence electrons. The van der Waals surface area contributed by atoms with Crippen LogP contribution in [0.1, 0.15) is 48.9 Å². The van der Waals surface area contributed by atoms with Gasteiger partial charge in [0.15, 0.2) is 0 Å². The number of pyridine rings is 1. The van der Waals surface area contributed by atoms with E-state index in [0.29, 0.717) is 23.1 Å². The standard InChI is InChI=1S/C21H22FN3O2/c1-13(17-6-4-16(11-23-17)27-12-21(2)7-8-21)24-20(26)19-10-14-9-15(22)3-5-18(14)25-19/h3-6,9-11,13,25H,7-8,12H2,1-2H3,(H,24,26)/t13-/m1/s1. The fourth-order valence-corrected chi connectivity index (χ4v) is 2.92. The largest absolute Gasteiger partial charge is 0.491 e. The van der Waals surface area contributed by atoms with Gasteiger partial charge in [0, 0.05) is 16.3 Å². The maximum atomic E-state index is 13.3. The Morgan fingerprint density at radius 1 is 1.33 bits per heavy atom. The maximum absolute atomic E-state index is 13.3. The van der Waals surface area contributed by atoms with Crippen molar-refractivity contribution in [2.24, 2.45) is 5.41 Å². The van der Waals surface area contributed by atoms with Gasteiger partial charge in [-0.1, -0.05) is 6.92 Å². The number of hydrogen-bond acceptors (Lipinski definition) is 3. The molecule has 4 rings (SSSR count). The molecule has 27 heavy (non-hydrogen) atoms. The third-order valence-corrected chi connectivity index (χ3v) is 5.07. The van der Waals surface area contributed by atoms with Crippen molar-refractivity contribution in [3.63, 3.8) is 0 Å². The molecule has 1 aromatic carbocycles. The van der Waals surface area contributed by atoms with E-state index in [1.807, 2.05) is 19.1 Å². The molecule has 0 spiro atoms. The molecule has 1 atom stereocenters. The van der Waals surface area contributed by atoms with E-state index in [9.17, 15) is 9.18 Å². The molecular weight excluding hydrogens is 345 g/mol. The molecule has 0 aliphatic heterocycles. The highest BCUT2D eigenvalue weighted by Gasteiger charge is 2.38. The predicted octanol–water partition coefficient (Wildman–Crippen LogP) is 4.37. The van der Waals surface area contributed by atoms with Crippen LogP contribution in [-0.4, -0.2) is 22.5 Å². The van der Waals surface area contributed by atoms with Gasteiger partial charge in [-0.3, -0.25) is 9.78 Å². The van der Waals surface area contributed by atoms with E-state index in [1.54, 1.807) is 18.3 Å². The average Bonchev–Trinajstić information content (AvgIpc) is 3.24. The van der Waals surface area contributed by atoms with Crippen molar-refractivity contribution >= 4 is 16.8 Å². The summed E-state index contributed by atoms with van der Waals surface area (Å²) in [7, 11) is 0. The molecule has 0 bridgehead atoms. The van der Waals surface area contributed by atoms with Crippen LogP contribution in [0.15, 0.2) is 42.6 Å². The number of nitrogens with one attached hydrogen (secondary N) is 2. The fourth-order valence-electron chi connectivity index (χ4n) is 2.92. The lowest BCUT2D eigenvalue weighted by molar-refractivity contribution is 0.0935. The third-order valence-electron chi connectivity index (χ3n) is 5.07. The van der Waals surface area contributed by atoms with E-state index in [-0.39, 0.29) is 17.8 Å². The van der Waals surface area contributed by atoms with Gasteiger partial charge in [0.2, 0.25) is 0 Å². The van der Waals surface area contributed by atoms with Crippen molar-refractivity contribution in [2.45, 2.75) is 32.7 Å². The quantitative estimate of drug-likeness (QED) is 0.680. The molecule has 1 aliphatic carbocycles. The summed E-state index contributed by atoms with van der Waals surface area (Å²) in [4.78, 5) is 19.9. The zero-order valence-electron chi connectivity index (χ0n) is 15.4. The van der Waals surface area contributed by atoms with Crippen molar-refractivity contribution in [1.29, 1.82) is 0 Å². The van der Waals surface area contributed by atoms with Crippen molar-refractivity contribution < 1.29 is 13.9 Å². The molecule has 1 saturated carbocycles. The highest BCUT2D eigenvalue weighted by molar-refractivity contribution is 5.98. The van der Waals surface area contributed by atoms with Gasteiger partial charge in [-0.2, -0.15) is 0 Å². The number of benzene rings is 1. The second kappa shape index (κ2) is 6.68. The molecule has 2 N–H and O–H groups in total. The minimum atomic E-state index is -0.330. The van der Waals surface area contributed by atoms with Gasteiger partial charge < -0.3 is 15.0 Å². The number of fused-ring (bicyclic) bond motifs is 1. The molecule has 0 saturated heterocycles. The number of rotatable bonds is 6. The molecule has 2 heterocycles. The molecule has 0 radical (unpaired) electrons. The molecule has 5 nitrogen and oxygen atoms in total. The second-order valence-corrected chi connectivity index (χ2v) is 7.63. The summed E-state index contributed by atoms with van der Waals surface area (Å²) in [5, 5.41) is 3.57. The lowest BCUT2D eigenvalue weighted by Crippen LogP contribution is -2.27. The number of aromatic nitrogens is 2. The van der Waals surface area contributed by atoms with Crippen LogP contribution in [-0.2, 0) is 0 Å². The van der Waals surface area contributed by atoms with Crippen LogP contribution in [0.5, 0.6) is 5.75 Å². The minimum Gasteiger partial charge on any atom is -0.491 e. The smallest absolute Gasteiger partial charge is 0.268 e. The Morgan fingerprint density at radius 3 is 2.85 bits per heavy atom. The van der Waals surface area contributed by atoms with Gasteiger partial charge in [-0.25, -0.2) is 4.39 Å². The SMILES string of the molecule is C[C@@H](NC(=O)c1cc2cc(F)ccc2[nH]1)c1ccc(OCC2(C)CC2)cn1. The molecule has 6 heteroatoms. The van der Waals surface area contributed by atoms with Crippen molar-refractivity contribution in [3.8, 4) is 5.75 Å². The van der Waals surface area contributed by atoms with E-state index in [4.69, 9.17) is 4.74 Å². The topological polar surface area (TPSA) is 67.0 Å². The van der Waals surface area contributed by atoms with E-state index in [1.165, 1.54) is 25.0 Å². The zero-order chi connectivity index (χ0) is 19.0. The van der Waals surface area contributed by atoms with Crippen molar-refractivity contribution in [3.05, 3.63) is 59.8 Å². The minimum absolute atomic E-state index is 0.261. The summed E-state index contributed by atoms with van der Waals surface area (Å²) in [5.41, 5.74) is 2.18. The molecular formula is C21H22FN3O2. The number of aromatic amines is 1. The summed E-state index contributed by atoms with van der Waals surface area (Å²) in [5.74, 6) is 0.148. The number of carbonyl (C=O) groups excluding carboxylic acids is 1. The van der Waals surface area contributed by atoms with Crippen LogP contribution >= 0.6 is 0 Å². The normalized spacial score (nSPS) is 16.1. The first kappa shape index (κ1) is 17.5. The summed E-state index contributed by atoms with van der Waals surface area (Å²) in [6.45, 7) is 4.79. The lowest BCUT2D eigenvalue weighted by atomic mass is 10.2.